The zero-order valence-electron chi connectivity index (χ0n) is 12.8. The Kier molecular flexibility index (Phi) is 5.89. The molecular formula is C16H20N2O3S. The first kappa shape index (κ1) is 16.4. The second-order valence-electron chi connectivity index (χ2n) is 4.87. The van der Waals surface area contributed by atoms with Gasteiger partial charge in [0.25, 0.3) is 11.8 Å². The van der Waals surface area contributed by atoms with Crippen LogP contribution in [0.2, 0.25) is 0 Å². The highest BCUT2D eigenvalue weighted by atomic mass is 32.2. The lowest BCUT2D eigenvalue weighted by molar-refractivity contribution is -0.112. The highest BCUT2D eigenvalue weighted by Crippen LogP contribution is 2.26. The largest absolute Gasteiger partial charge is 0.496 e. The fourth-order valence-corrected chi connectivity index (χ4v) is 2.78. The Labute approximate surface area is 134 Å². The van der Waals surface area contributed by atoms with Crippen molar-refractivity contribution in [3.05, 3.63) is 40.5 Å². The first-order valence-corrected chi connectivity index (χ1v) is 8.26. The maximum Gasteiger partial charge on any atom is 0.265 e. The van der Waals surface area contributed by atoms with Crippen molar-refractivity contribution in [1.82, 2.24) is 5.32 Å². The van der Waals surface area contributed by atoms with E-state index < -0.39 is 0 Å². The van der Waals surface area contributed by atoms with Gasteiger partial charge in [-0.15, -0.1) is 11.8 Å². The fraction of sp³-hybridized carbons (Fsp3) is 0.375. The van der Waals surface area contributed by atoms with Crippen molar-refractivity contribution in [2.24, 2.45) is 0 Å². The molecule has 1 aliphatic rings. The number of carbonyl (C=O) groups is 2. The van der Waals surface area contributed by atoms with Crippen molar-refractivity contribution in [3.8, 4) is 0 Å². The second kappa shape index (κ2) is 7.89. The van der Waals surface area contributed by atoms with Crippen molar-refractivity contribution < 1.29 is 14.3 Å². The molecule has 1 aliphatic heterocycles. The SMILES string of the molecule is CCCNC(=O)c1ccc(NC(=O)C2=C(C)OCCS2)cc1. The van der Waals surface area contributed by atoms with E-state index in [0.717, 1.165) is 12.2 Å². The molecule has 0 radical (unpaired) electrons. The smallest absolute Gasteiger partial charge is 0.265 e. The van der Waals surface area contributed by atoms with E-state index in [9.17, 15) is 9.59 Å². The minimum Gasteiger partial charge on any atom is -0.496 e. The van der Waals surface area contributed by atoms with Crippen LogP contribution in [-0.4, -0.2) is 30.7 Å². The Balaban J connectivity index is 1.99. The van der Waals surface area contributed by atoms with Gasteiger partial charge < -0.3 is 15.4 Å². The lowest BCUT2D eigenvalue weighted by Crippen LogP contribution is -2.24. The van der Waals surface area contributed by atoms with Gasteiger partial charge in [0.05, 0.1) is 6.61 Å². The molecule has 0 aliphatic carbocycles. The lowest BCUT2D eigenvalue weighted by atomic mass is 10.2. The maximum absolute atomic E-state index is 12.2. The highest BCUT2D eigenvalue weighted by molar-refractivity contribution is 8.04. The monoisotopic (exact) mass is 320 g/mol. The molecule has 0 saturated heterocycles. The van der Waals surface area contributed by atoms with Crippen LogP contribution in [0.25, 0.3) is 0 Å². The summed E-state index contributed by atoms with van der Waals surface area (Å²) in [4.78, 5) is 24.6. The van der Waals surface area contributed by atoms with E-state index in [1.807, 2.05) is 6.92 Å². The Morgan fingerprint density at radius 1 is 1.23 bits per heavy atom. The van der Waals surface area contributed by atoms with Crippen molar-refractivity contribution in [1.29, 1.82) is 0 Å². The fourth-order valence-electron chi connectivity index (χ4n) is 1.96. The molecule has 0 bridgehead atoms. The second-order valence-corrected chi connectivity index (χ2v) is 5.97. The standard InChI is InChI=1S/C16H20N2O3S/c1-3-8-17-15(19)12-4-6-13(7-5-12)18-16(20)14-11(2)21-9-10-22-14/h4-7H,3,8-10H2,1-2H3,(H,17,19)(H,18,20). The van der Waals surface area contributed by atoms with Crippen LogP contribution in [0.15, 0.2) is 34.9 Å². The molecule has 1 aromatic rings. The van der Waals surface area contributed by atoms with Crippen LogP contribution in [0.4, 0.5) is 5.69 Å². The first-order chi connectivity index (χ1) is 10.6. The van der Waals surface area contributed by atoms with Gasteiger partial charge in [-0.2, -0.15) is 0 Å². The minimum absolute atomic E-state index is 0.102. The number of ether oxygens (including phenoxy) is 1. The number of anilines is 1. The minimum atomic E-state index is -0.176. The summed E-state index contributed by atoms with van der Waals surface area (Å²) in [5, 5.41) is 5.63. The van der Waals surface area contributed by atoms with E-state index in [-0.39, 0.29) is 11.8 Å². The van der Waals surface area contributed by atoms with Gasteiger partial charge in [0.1, 0.15) is 10.7 Å². The topological polar surface area (TPSA) is 67.4 Å². The number of rotatable bonds is 5. The Morgan fingerprint density at radius 2 is 1.95 bits per heavy atom. The quantitative estimate of drug-likeness (QED) is 0.875. The van der Waals surface area contributed by atoms with Gasteiger partial charge in [-0.3, -0.25) is 9.59 Å². The number of nitrogens with one attached hydrogen (secondary N) is 2. The summed E-state index contributed by atoms with van der Waals surface area (Å²) in [6.07, 6.45) is 0.897. The average Bonchev–Trinajstić information content (AvgIpc) is 2.53. The molecule has 0 unspecified atom stereocenters. The number of benzene rings is 1. The number of hydrogen-bond donors (Lipinski definition) is 2. The predicted octanol–water partition coefficient (Wildman–Crippen LogP) is 2.76. The zero-order valence-corrected chi connectivity index (χ0v) is 13.6. The first-order valence-electron chi connectivity index (χ1n) is 7.28. The highest BCUT2D eigenvalue weighted by Gasteiger charge is 2.18. The molecule has 2 rings (SSSR count). The third-order valence-corrected chi connectivity index (χ3v) is 4.25. The molecule has 1 heterocycles. The van der Waals surface area contributed by atoms with Gasteiger partial charge >= 0.3 is 0 Å². The Hall–Kier alpha value is -1.95. The molecule has 118 valence electrons. The summed E-state index contributed by atoms with van der Waals surface area (Å²) in [5.41, 5.74) is 1.24. The molecular weight excluding hydrogens is 300 g/mol. The van der Waals surface area contributed by atoms with Gasteiger partial charge in [-0.25, -0.2) is 0 Å². The summed E-state index contributed by atoms with van der Waals surface area (Å²) >= 11 is 1.49. The van der Waals surface area contributed by atoms with Gasteiger partial charge in [0.15, 0.2) is 0 Å². The summed E-state index contributed by atoms with van der Waals surface area (Å²) in [6.45, 7) is 5.08. The number of carbonyl (C=O) groups excluding carboxylic acids is 2. The van der Waals surface area contributed by atoms with E-state index in [4.69, 9.17) is 4.74 Å². The maximum atomic E-state index is 12.2. The molecule has 0 fully saturated rings. The summed E-state index contributed by atoms with van der Waals surface area (Å²) in [6, 6.07) is 6.85. The average molecular weight is 320 g/mol. The van der Waals surface area contributed by atoms with E-state index in [2.05, 4.69) is 10.6 Å². The van der Waals surface area contributed by atoms with Gasteiger partial charge in [-0.1, -0.05) is 6.92 Å². The normalized spacial score (nSPS) is 14.3. The van der Waals surface area contributed by atoms with Gasteiger partial charge in [0.2, 0.25) is 0 Å². The van der Waals surface area contributed by atoms with Crippen LogP contribution < -0.4 is 10.6 Å². The van der Waals surface area contributed by atoms with Crippen LogP contribution in [0.1, 0.15) is 30.6 Å². The Morgan fingerprint density at radius 3 is 2.59 bits per heavy atom. The molecule has 0 spiro atoms. The molecule has 2 N–H and O–H groups in total. The van der Waals surface area contributed by atoms with Gasteiger partial charge in [0, 0.05) is 23.5 Å². The summed E-state index contributed by atoms with van der Waals surface area (Å²) < 4.78 is 5.38. The van der Waals surface area contributed by atoms with E-state index in [0.29, 0.717) is 35.1 Å². The third-order valence-electron chi connectivity index (χ3n) is 3.11. The number of thioether (sulfide) groups is 1. The van der Waals surface area contributed by atoms with Crippen LogP contribution in [0.5, 0.6) is 0 Å². The van der Waals surface area contributed by atoms with Crippen LogP contribution in [0.3, 0.4) is 0 Å². The van der Waals surface area contributed by atoms with Crippen molar-refractivity contribution in [2.45, 2.75) is 20.3 Å². The number of allylic oxidation sites excluding steroid dienone is 1. The molecule has 5 nitrogen and oxygen atoms in total. The predicted molar refractivity (Wildman–Crippen MR) is 88.8 cm³/mol. The number of hydrogen-bond acceptors (Lipinski definition) is 4. The summed E-state index contributed by atoms with van der Waals surface area (Å²) in [7, 11) is 0. The Bertz CT molecular complexity index is 582. The van der Waals surface area contributed by atoms with Crippen molar-refractivity contribution in [2.75, 3.05) is 24.2 Å². The van der Waals surface area contributed by atoms with Gasteiger partial charge in [-0.05, 0) is 37.6 Å². The molecule has 0 atom stereocenters. The molecule has 6 heteroatoms. The van der Waals surface area contributed by atoms with Crippen molar-refractivity contribution >= 4 is 29.3 Å². The van der Waals surface area contributed by atoms with E-state index in [1.54, 1.807) is 31.2 Å². The molecule has 1 aromatic carbocycles. The molecule has 22 heavy (non-hydrogen) atoms. The molecule has 0 saturated carbocycles. The lowest BCUT2D eigenvalue weighted by Gasteiger charge is -2.17. The van der Waals surface area contributed by atoms with E-state index in [1.165, 1.54) is 11.8 Å². The van der Waals surface area contributed by atoms with E-state index >= 15 is 0 Å². The number of amides is 2. The third kappa shape index (κ3) is 4.27. The molecule has 2 amide bonds. The zero-order chi connectivity index (χ0) is 15.9. The van der Waals surface area contributed by atoms with Crippen LogP contribution >= 0.6 is 11.8 Å². The van der Waals surface area contributed by atoms with Crippen LogP contribution in [0, 0.1) is 0 Å². The van der Waals surface area contributed by atoms with Crippen LogP contribution in [-0.2, 0) is 9.53 Å². The molecule has 0 aromatic heterocycles. The summed E-state index contributed by atoms with van der Waals surface area (Å²) in [5.74, 6) is 1.15. The van der Waals surface area contributed by atoms with Crippen molar-refractivity contribution in [3.63, 3.8) is 0 Å².